The molecule has 1 saturated carbocycles. The molecular weight excluding hydrogens is 256 g/mol. The van der Waals surface area contributed by atoms with Gasteiger partial charge in [0.1, 0.15) is 0 Å². The van der Waals surface area contributed by atoms with Crippen molar-refractivity contribution < 1.29 is 14.6 Å². The van der Waals surface area contributed by atoms with E-state index in [1.165, 1.54) is 25.7 Å². The minimum absolute atomic E-state index is 0.00283. The number of rotatable bonds is 5. The van der Waals surface area contributed by atoms with Crippen molar-refractivity contribution in [1.29, 1.82) is 0 Å². The molecule has 1 heterocycles. The molecule has 2 atom stereocenters. The Morgan fingerprint density at radius 3 is 2.90 bits per heavy atom. The number of aliphatic hydroxyl groups is 1. The maximum atomic E-state index is 12.2. The highest BCUT2D eigenvalue weighted by Crippen LogP contribution is 2.26. The van der Waals surface area contributed by atoms with E-state index in [1.54, 1.807) is 6.92 Å². The van der Waals surface area contributed by atoms with E-state index in [0.29, 0.717) is 26.2 Å². The quantitative estimate of drug-likeness (QED) is 0.808. The van der Waals surface area contributed by atoms with Crippen LogP contribution in [-0.2, 0) is 4.74 Å². The number of ether oxygens (including phenoxy) is 1. The molecule has 2 amide bonds. The van der Waals surface area contributed by atoms with E-state index in [0.717, 1.165) is 18.9 Å². The average Bonchev–Trinajstić information content (AvgIpc) is 2.91. The van der Waals surface area contributed by atoms with Crippen molar-refractivity contribution >= 4 is 6.03 Å². The van der Waals surface area contributed by atoms with Gasteiger partial charge in [0.25, 0.3) is 0 Å². The van der Waals surface area contributed by atoms with Crippen LogP contribution in [0.1, 0.15) is 45.4 Å². The third kappa shape index (κ3) is 4.63. The van der Waals surface area contributed by atoms with Gasteiger partial charge in [-0.15, -0.1) is 0 Å². The average molecular weight is 284 g/mol. The van der Waals surface area contributed by atoms with Gasteiger partial charge in [-0.25, -0.2) is 4.79 Å². The topological polar surface area (TPSA) is 61.8 Å². The minimum atomic E-state index is -0.407. The number of amides is 2. The van der Waals surface area contributed by atoms with Crippen LogP contribution in [0.25, 0.3) is 0 Å². The fraction of sp³-hybridized carbons (Fsp3) is 0.933. The largest absolute Gasteiger partial charge is 0.393 e. The third-order valence-electron chi connectivity index (χ3n) is 4.41. The monoisotopic (exact) mass is 284 g/mol. The maximum Gasteiger partial charge on any atom is 0.317 e. The molecule has 0 aromatic rings. The van der Waals surface area contributed by atoms with Crippen LogP contribution in [0.4, 0.5) is 4.79 Å². The molecule has 2 aliphatic rings. The molecule has 0 aromatic carbocycles. The first-order valence-corrected chi connectivity index (χ1v) is 7.97. The number of carbonyl (C=O) groups is 1. The van der Waals surface area contributed by atoms with E-state index < -0.39 is 6.10 Å². The van der Waals surface area contributed by atoms with Crippen molar-refractivity contribution in [2.75, 3.05) is 26.3 Å². The standard InChI is InChI=1S/C15H28N2O3/c1-12(18)10-14-11-20-9-8-17(14)15(19)16-7-6-13-4-2-3-5-13/h12-14,18H,2-11H2,1H3,(H,16,19)/t12-,14+/m0/s1. The van der Waals surface area contributed by atoms with Gasteiger partial charge in [-0.1, -0.05) is 25.7 Å². The summed E-state index contributed by atoms with van der Waals surface area (Å²) in [7, 11) is 0. The Bertz CT molecular complexity index is 303. The predicted octanol–water partition coefficient (Wildman–Crippen LogP) is 1.75. The Kier molecular flexibility index (Phi) is 6.10. The Morgan fingerprint density at radius 1 is 1.45 bits per heavy atom. The Balaban J connectivity index is 1.73. The van der Waals surface area contributed by atoms with Crippen LogP contribution in [0, 0.1) is 5.92 Å². The lowest BCUT2D eigenvalue weighted by atomic mass is 10.0. The molecule has 0 unspecified atom stereocenters. The molecule has 0 aromatic heterocycles. The van der Waals surface area contributed by atoms with E-state index in [4.69, 9.17) is 4.74 Å². The lowest BCUT2D eigenvalue weighted by Gasteiger charge is -2.36. The van der Waals surface area contributed by atoms with Crippen LogP contribution >= 0.6 is 0 Å². The normalized spacial score (nSPS) is 25.7. The molecule has 2 fully saturated rings. The second kappa shape index (κ2) is 7.84. The molecule has 1 saturated heterocycles. The van der Waals surface area contributed by atoms with Crippen LogP contribution in [0.3, 0.4) is 0 Å². The molecule has 2 rings (SSSR count). The van der Waals surface area contributed by atoms with Crippen molar-refractivity contribution in [3.05, 3.63) is 0 Å². The zero-order valence-electron chi connectivity index (χ0n) is 12.5. The van der Waals surface area contributed by atoms with Gasteiger partial charge in [0, 0.05) is 13.1 Å². The fourth-order valence-corrected chi connectivity index (χ4v) is 3.30. The molecule has 1 aliphatic carbocycles. The van der Waals surface area contributed by atoms with Crippen molar-refractivity contribution in [3.8, 4) is 0 Å². The van der Waals surface area contributed by atoms with Gasteiger partial charge in [0.15, 0.2) is 0 Å². The van der Waals surface area contributed by atoms with Crippen LogP contribution in [-0.4, -0.2) is 54.5 Å². The van der Waals surface area contributed by atoms with E-state index in [-0.39, 0.29) is 12.1 Å². The van der Waals surface area contributed by atoms with Gasteiger partial charge in [-0.2, -0.15) is 0 Å². The lowest BCUT2D eigenvalue weighted by Crippen LogP contribution is -2.53. The molecule has 2 N–H and O–H groups in total. The Labute approximate surface area is 121 Å². The van der Waals surface area contributed by atoms with Gasteiger partial charge in [-0.3, -0.25) is 0 Å². The molecule has 20 heavy (non-hydrogen) atoms. The van der Waals surface area contributed by atoms with Crippen LogP contribution in [0.15, 0.2) is 0 Å². The molecule has 1 aliphatic heterocycles. The highest BCUT2D eigenvalue weighted by atomic mass is 16.5. The van der Waals surface area contributed by atoms with E-state index in [9.17, 15) is 9.90 Å². The van der Waals surface area contributed by atoms with Crippen LogP contribution in [0.2, 0.25) is 0 Å². The smallest absolute Gasteiger partial charge is 0.317 e. The van der Waals surface area contributed by atoms with Crippen molar-refractivity contribution in [2.45, 2.75) is 57.6 Å². The molecule has 0 bridgehead atoms. The first-order chi connectivity index (χ1) is 9.66. The number of urea groups is 1. The SMILES string of the molecule is C[C@H](O)C[C@@H]1COCCN1C(=O)NCCC1CCCC1. The fourth-order valence-electron chi connectivity index (χ4n) is 3.30. The second-order valence-corrected chi connectivity index (χ2v) is 6.18. The first kappa shape index (κ1) is 15.6. The third-order valence-corrected chi connectivity index (χ3v) is 4.41. The number of nitrogens with zero attached hydrogens (tertiary/aromatic N) is 1. The van der Waals surface area contributed by atoms with Crippen molar-refractivity contribution in [2.24, 2.45) is 5.92 Å². The summed E-state index contributed by atoms with van der Waals surface area (Å²) in [5.74, 6) is 0.799. The molecule has 0 spiro atoms. The minimum Gasteiger partial charge on any atom is -0.393 e. The van der Waals surface area contributed by atoms with E-state index in [2.05, 4.69) is 5.32 Å². The van der Waals surface area contributed by atoms with Crippen LogP contribution in [0.5, 0.6) is 0 Å². The van der Waals surface area contributed by atoms with Gasteiger partial charge in [0.05, 0.1) is 25.4 Å². The number of aliphatic hydroxyl groups excluding tert-OH is 1. The molecule has 5 heteroatoms. The zero-order valence-corrected chi connectivity index (χ0v) is 12.5. The van der Waals surface area contributed by atoms with Crippen LogP contribution < -0.4 is 5.32 Å². The number of hydrogen-bond donors (Lipinski definition) is 2. The number of morpholine rings is 1. The van der Waals surface area contributed by atoms with Gasteiger partial charge >= 0.3 is 6.03 Å². The summed E-state index contributed by atoms with van der Waals surface area (Å²) in [5.41, 5.74) is 0. The highest BCUT2D eigenvalue weighted by molar-refractivity contribution is 5.74. The highest BCUT2D eigenvalue weighted by Gasteiger charge is 2.28. The van der Waals surface area contributed by atoms with E-state index >= 15 is 0 Å². The second-order valence-electron chi connectivity index (χ2n) is 6.18. The molecular formula is C15H28N2O3. The van der Waals surface area contributed by atoms with Gasteiger partial charge in [-0.05, 0) is 25.7 Å². The summed E-state index contributed by atoms with van der Waals surface area (Å²) < 4.78 is 5.42. The maximum absolute atomic E-state index is 12.2. The van der Waals surface area contributed by atoms with Crippen molar-refractivity contribution in [3.63, 3.8) is 0 Å². The van der Waals surface area contributed by atoms with Crippen molar-refractivity contribution in [1.82, 2.24) is 10.2 Å². The summed E-state index contributed by atoms with van der Waals surface area (Å²) in [6.07, 6.45) is 6.59. The number of carbonyl (C=O) groups excluding carboxylic acids is 1. The Morgan fingerprint density at radius 2 is 2.20 bits per heavy atom. The molecule has 116 valence electrons. The molecule has 0 radical (unpaired) electrons. The first-order valence-electron chi connectivity index (χ1n) is 7.97. The van der Waals surface area contributed by atoms with Gasteiger partial charge < -0.3 is 20.1 Å². The summed E-state index contributed by atoms with van der Waals surface area (Å²) in [5, 5.41) is 12.5. The lowest BCUT2D eigenvalue weighted by molar-refractivity contribution is -0.00432. The number of hydrogen-bond acceptors (Lipinski definition) is 3. The summed E-state index contributed by atoms with van der Waals surface area (Å²) in [6.45, 7) is 4.26. The number of nitrogens with one attached hydrogen (secondary N) is 1. The molecule has 5 nitrogen and oxygen atoms in total. The summed E-state index contributed by atoms with van der Waals surface area (Å²) >= 11 is 0. The predicted molar refractivity (Wildman–Crippen MR) is 77.6 cm³/mol. The summed E-state index contributed by atoms with van der Waals surface area (Å²) in [6, 6.07) is -0.00724. The van der Waals surface area contributed by atoms with E-state index in [1.807, 2.05) is 4.90 Å². The van der Waals surface area contributed by atoms with Gasteiger partial charge in [0.2, 0.25) is 0 Å². The zero-order chi connectivity index (χ0) is 14.4. The summed E-state index contributed by atoms with van der Waals surface area (Å²) in [4.78, 5) is 14.1. The Hall–Kier alpha value is -0.810.